The van der Waals surface area contributed by atoms with Crippen molar-refractivity contribution in [3.05, 3.63) is 40.6 Å². The molecule has 1 unspecified atom stereocenters. The highest BCUT2D eigenvalue weighted by atomic mass is 35.5. The normalized spacial score (nSPS) is 19.1. The Hall–Kier alpha value is -3.00. The highest BCUT2D eigenvalue weighted by Gasteiger charge is 2.50. The Morgan fingerprint density at radius 3 is 2.64 bits per heavy atom. The van der Waals surface area contributed by atoms with Gasteiger partial charge in [0.15, 0.2) is 12.5 Å². The number of urea groups is 1. The second-order valence-corrected chi connectivity index (χ2v) is 6.79. The average Bonchev–Trinajstić information content (AvgIpc) is 2.67. The third-order valence-electron chi connectivity index (χ3n) is 4.40. The predicted molar refractivity (Wildman–Crippen MR) is 105 cm³/mol. The molecule has 0 fully saturated rings. The minimum atomic E-state index is -0.851. The van der Waals surface area contributed by atoms with Gasteiger partial charge in [-0.15, -0.1) is 4.99 Å². The molecule has 2 aliphatic heterocycles. The van der Waals surface area contributed by atoms with Gasteiger partial charge in [-0.25, -0.2) is 4.79 Å². The van der Waals surface area contributed by atoms with Crippen molar-refractivity contribution in [2.24, 2.45) is 10.9 Å². The first-order valence-electron chi connectivity index (χ1n) is 8.72. The number of benzene rings is 1. The lowest BCUT2D eigenvalue weighted by Gasteiger charge is -2.29. The third kappa shape index (κ3) is 3.68. The number of amidine groups is 1. The van der Waals surface area contributed by atoms with Crippen molar-refractivity contribution in [3.8, 4) is 0 Å². The first-order valence-corrected chi connectivity index (χ1v) is 9.10. The van der Waals surface area contributed by atoms with Gasteiger partial charge in [-0.05, 0) is 38.1 Å². The van der Waals surface area contributed by atoms with Crippen molar-refractivity contribution in [2.75, 3.05) is 25.5 Å². The van der Waals surface area contributed by atoms with Crippen molar-refractivity contribution < 1.29 is 23.7 Å². The van der Waals surface area contributed by atoms with Gasteiger partial charge in [0.25, 0.3) is 11.7 Å². The van der Waals surface area contributed by atoms with Crippen LogP contribution < -0.4 is 5.32 Å². The molecule has 0 saturated carbocycles. The quantitative estimate of drug-likeness (QED) is 0.763. The van der Waals surface area contributed by atoms with Crippen LogP contribution in [0.25, 0.3) is 0 Å². The highest BCUT2D eigenvalue weighted by Crippen LogP contribution is 2.28. The number of anilines is 1. The topological polar surface area (TPSA) is 91.1 Å². The zero-order valence-corrected chi connectivity index (χ0v) is 16.5. The number of fused-ring (bicyclic) bond motifs is 1. The molecule has 1 aromatic rings. The monoisotopic (exact) mass is 403 g/mol. The molecule has 1 atom stereocenters. The number of carbonyl (C=O) groups excluding carboxylic acids is 3. The van der Waals surface area contributed by atoms with Gasteiger partial charge in [-0.1, -0.05) is 11.6 Å². The van der Waals surface area contributed by atoms with Crippen molar-refractivity contribution in [3.63, 3.8) is 0 Å². The number of hydrogen-bond donors (Lipinski definition) is 1. The van der Waals surface area contributed by atoms with E-state index in [1.807, 2.05) is 6.92 Å². The maximum absolute atomic E-state index is 13.1. The third-order valence-corrected chi connectivity index (χ3v) is 4.66. The van der Waals surface area contributed by atoms with Crippen LogP contribution in [0.3, 0.4) is 0 Å². The first kappa shape index (κ1) is 19.8. The Labute approximate surface area is 167 Å². The zero-order valence-electron chi connectivity index (χ0n) is 15.7. The summed E-state index contributed by atoms with van der Waals surface area (Å²) in [5, 5.41) is 3.18. The molecule has 9 heteroatoms. The lowest BCUT2D eigenvalue weighted by molar-refractivity contribution is -0.408. The predicted octanol–water partition coefficient (Wildman–Crippen LogP) is 2.29. The fourth-order valence-electron chi connectivity index (χ4n) is 3.05. The second-order valence-electron chi connectivity index (χ2n) is 6.35. The number of imide groups is 1. The summed E-state index contributed by atoms with van der Waals surface area (Å²) in [5.41, 5.74) is 1.22. The number of ether oxygens (including phenoxy) is 1. The standard InChI is InChI=1S/C19H19ClN4O4/c1-4-28-16-11(2)9-21-17-15(16)18(26)24(19(27)23(17)3)10-14(25)22-13-7-5-12(20)6-8-13/h5-9,15H,4,10H2,1-3H3/p+1. The lowest BCUT2D eigenvalue weighted by atomic mass is 9.96. The van der Waals surface area contributed by atoms with Gasteiger partial charge in [-0.2, -0.15) is 9.48 Å². The fraction of sp³-hybridized carbons (Fsp3) is 0.316. The van der Waals surface area contributed by atoms with Gasteiger partial charge in [-0.3, -0.25) is 9.59 Å². The van der Waals surface area contributed by atoms with E-state index in [1.54, 1.807) is 37.4 Å². The first-order chi connectivity index (χ1) is 13.3. The Bertz CT molecular complexity index is 934. The van der Waals surface area contributed by atoms with Gasteiger partial charge in [0.1, 0.15) is 12.0 Å². The van der Waals surface area contributed by atoms with Gasteiger partial charge < -0.3 is 10.1 Å². The van der Waals surface area contributed by atoms with Crippen molar-refractivity contribution in [2.45, 2.75) is 13.8 Å². The maximum Gasteiger partial charge on any atom is 0.446 e. The summed E-state index contributed by atoms with van der Waals surface area (Å²) in [6.07, 6.45) is 1.57. The van der Waals surface area contributed by atoms with E-state index < -0.39 is 30.3 Å². The van der Waals surface area contributed by atoms with E-state index in [0.29, 0.717) is 34.5 Å². The minimum Gasteiger partial charge on any atom is -0.496 e. The van der Waals surface area contributed by atoms with E-state index in [9.17, 15) is 14.4 Å². The van der Waals surface area contributed by atoms with Crippen LogP contribution in [-0.2, 0) is 14.3 Å². The molecule has 0 aliphatic carbocycles. The van der Waals surface area contributed by atoms with Crippen LogP contribution in [0.1, 0.15) is 13.8 Å². The lowest BCUT2D eigenvalue weighted by Crippen LogP contribution is -2.56. The molecule has 1 aromatic carbocycles. The van der Waals surface area contributed by atoms with Crippen molar-refractivity contribution in [1.82, 2.24) is 4.90 Å². The Balaban J connectivity index is 1.85. The van der Waals surface area contributed by atoms with E-state index in [-0.39, 0.29) is 0 Å². The smallest absolute Gasteiger partial charge is 0.446 e. The molecule has 2 heterocycles. The molecule has 8 nitrogen and oxygen atoms in total. The summed E-state index contributed by atoms with van der Waals surface area (Å²) in [7, 11) is 1.52. The number of nitrogens with one attached hydrogen (secondary N) is 1. The van der Waals surface area contributed by atoms with Gasteiger partial charge >= 0.3 is 11.9 Å². The van der Waals surface area contributed by atoms with E-state index in [4.69, 9.17) is 16.3 Å². The molecule has 0 spiro atoms. The molecule has 0 saturated heterocycles. The number of nitrogens with zero attached hydrogens (tertiary/aromatic N) is 3. The molecule has 3 rings (SSSR count). The largest absolute Gasteiger partial charge is 0.496 e. The molecule has 28 heavy (non-hydrogen) atoms. The number of allylic oxidation sites excluding steroid dienone is 1. The maximum atomic E-state index is 13.1. The van der Waals surface area contributed by atoms with Crippen LogP contribution in [-0.4, -0.2) is 59.6 Å². The van der Waals surface area contributed by atoms with Crippen LogP contribution in [0.5, 0.6) is 0 Å². The molecular weight excluding hydrogens is 384 g/mol. The number of rotatable bonds is 5. The van der Waals surface area contributed by atoms with E-state index in [1.165, 1.54) is 11.6 Å². The van der Waals surface area contributed by atoms with E-state index >= 15 is 0 Å². The Morgan fingerprint density at radius 1 is 1.32 bits per heavy atom. The van der Waals surface area contributed by atoms with Crippen molar-refractivity contribution in [1.29, 1.82) is 0 Å². The van der Waals surface area contributed by atoms with Crippen LogP contribution in [0.2, 0.25) is 5.02 Å². The second kappa shape index (κ2) is 7.93. The number of carbonyl (C=O) groups is 3. The summed E-state index contributed by atoms with van der Waals surface area (Å²) in [6, 6.07) is 5.91. The van der Waals surface area contributed by atoms with E-state index in [0.717, 1.165) is 4.90 Å². The molecular formula is C19H20ClN4O4+. The van der Waals surface area contributed by atoms with Crippen LogP contribution in [0.15, 0.2) is 40.6 Å². The molecule has 1 N–H and O–H groups in total. The highest BCUT2D eigenvalue weighted by molar-refractivity contribution is 6.30. The summed E-state index contributed by atoms with van der Waals surface area (Å²) >= 11 is 5.83. The summed E-state index contributed by atoms with van der Waals surface area (Å²) < 4.78 is 6.92. The summed E-state index contributed by atoms with van der Waals surface area (Å²) in [4.78, 5) is 43.3. The van der Waals surface area contributed by atoms with E-state index in [2.05, 4.69) is 10.3 Å². The van der Waals surface area contributed by atoms with Gasteiger partial charge in [0, 0.05) is 16.3 Å². The number of hydrogen-bond acceptors (Lipinski definition) is 5. The summed E-state index contributed by atoms with van der Waals surface area (Å²) in [5.74, 6) is -1.16. The molecule has 0 bridgehead atoms. The van der Waals surface area contributed by atoms with Crippen LogP contribution in [0, 0.1) is 5.92 Å². The average molecular weight is 404 g/mol. The molecule has 2 aliphatic rings. The van der Waals surface area contributed by atoms with Gasteiger partial charge in [0.05, 0.1) is 13.7 Å². The number of halogens is 1. The Kier molecular flexibility index (Phi) is 5.60. The molecule has 146 valence electrons. The molecule has 0 radical (unpaired) electrons. The Morgan fingerprint density at radius 2 is 2.00 bits per heavy atom. The van der Waals surface area contributed by atoms with Crippen LogP contribution >= 0.6 is 11.6 Å². The van der Waals surface area contributed by atoms with Crippen molar-refractivity contribution >= 4 is 47.2 Å². The summed E-state index contributed by atoms with van der Waals surface area (Å²) in [6.45, 7) is 3.54. The fourth-order valence-corrected chi connectivity index (χ4v) is 3.18. The number of dihydropyridines is 1. The van der Waals surface area contributed by atoms with Gasteiger partial charge in [0.2, 0.25) is 0 Å². The molecule has 0 aromatic heterocycles. The molecule has 4 amide bonds. The minimum absolute atomic E-state index is 0.290. The zero-order chi connectivity index (χ0) is 20.4. The van der Waals surface area contributed by atoms with Crippen LogP contribution in [0.4, 0.5) is 10.5 Å². The SMILES string of the molecule is CCOC1=C(C)C=NC2=[N+](C)C(=O)N(CC(=O)Nc3ccc(Cl)cc3)C(=O)C12. The number of aliphatic imine (C=N–C) groups is 1. The number of amides is 4.